The van der Waals surface area contributed by atoms with E-state index in [-0.39, 0.29) is 11.5 Å². The van der Waals surface area contributed by atoms with Crippen LogP contribution < -0.4 is 4.74 Å². The van der Waals surface area contributed by atoms with E-state index in [0.717, 1.165) is 12.1 Å². The summed E-state index contributed by atoms with van der Waals surface area (Å²) in [4.78, 5) is 11.1. The molecular formula is C17H14F2O3. The average molecular weight is 304 g/mol. The Balaban J connectivity index is 2.23. The smallest absolute Gasteiger partial charge is 0.168 e. The second-order valence-electron chi connectivity index (χ2n) is 4.34. The molecule has 0 heterocycles. The van der Waals surface area contributed by atoms with Gasteiger partial charge in [-0.1, -0.05) is 6.07 Å². The lowest BCUT2D eigenvalue weighted by Gasteiger charge is -2.08. The van der Waals surface area contributed by atoms with Gasteiger partial charge in [-0.25, -0.2) is 8.78 Å². The van der Waals surface area contributed by atoms with Crippen molar-refractivity contribution in [1.82, 2.24) is 0 Å². The van der Waals surface area contributed by atoms with Crippen LogP contribution in [0.25, 0.3) is 6.08 Å². The van der Waals surface area contributed by atoms with Crippen LogP contribution in [0.1, 0.15) is 22.8 Å². The summed E-state index contributed by atoms with van der Waals surface area (Å²) in [6, 6.07) is 7.72. The molecule has 0 aliphatic carbocycles. The number of carbonyl (C=O) groups excluding carboxylic acids is 1. The first kappa shape index (κ1) is 15.7. The van der Waals surface area contributed by atoms with Crippen molar-refractivity contribution in [3.63, 3.8) is 0 Å². The summed E-state index contributed by atoms with van der Waals surface area (Å²) >= 11 is 0. The highest BCUT2D eigenvalue weighted by atomic mass is 19.1. The van der Waals surface area contributed by atoms with Crippen LogP contribution >= 0.6 is 0 Å². The van der Waals surface area contributed by atoms with Gasteiger partial charge < -0.3 is 9.47 Å². The maximum Gasteiger partial charge on any atom is 0.168 e. The molecule has 0 aromatic heterocycles. The standard InChI is InChI=1S/C17H14F2O3/c1-2-21-8-7-12-3-5-15(9-13(12)11-20)22-17-6-4-14(18)10-16(17)19/h3-11H,2H2,1H3/b8-7+. The van der Waals surface area contributed by atoms with Gasteiger partial charge >= 0.3 is 0 Å². The van der Waals surface area contributed by atoms with Crippen molar-refractivity contribution in [2.45, 2.75) is 6.92 Å². The van der Waals surface area contributed by atoms with Gasteiger partial charge in [-0.3, -0.25) is 4.79 Å². The number of carbonyl (C=O) groups is 1. The molecule has 0 aliphatic rings. The quantitative estimate of drug-likeness (QED) is 0.579. The Kier molecular flexibility index (Phi) is 5.25. The molecule has 5 heteroatoms. The zero-order valence-electron chi connectivity index (χ0n) is 11.9. The fourth-order valence-corrected chi connectivity index (χ4v) is 1.77. The fourth-order valence-electron chi connectivity index (χ4n) is 1.77. The molecule has 0 fully saturated rings. The minimum absolute atomic E-state index is 0.115. The number of ether oxygens (including phenoxy) is 2. The molecule has 0 saturated heterocycles. The van der Waals surface area contributed by atoms with Crippen LogP contribution in [0.2, 0.25) is 0 Å². The van der Waals surface area contributed by atoms with E-state index in [2.05, 4.69) is 0 Å². The van der Waals surface area contributed by atoms with E-state index in [1.165, 1.54) is 18.4 Å². The molecule has 0 bridgehead atoms. The van der Waals surface area contributed by atoms with E-state index < -0.39 is 11.6 Å². The van der Waals surface area contributed by atoms with Gasteiger partial charge in [0.2, 0.25) is 0 Å². The van der Waals surface area contributed by atoms with E-state index in [0.29, 0.717) is 24.0 Å². The summed E-state index contributed by atoms with van der Waals surface area (Å²) in [5.41, 5.74) is 1.02. The van der Waals surface area contributed by atoms with Gasteiger partial charge in [0.25, 0.3) is 0 Å². The molecular weight excluding hydrogens is 290 g/mol. The zero-order valence-corrected chi connectivity index (χ0v) is 11.9. The summed E-state index contributed by atoms with van der Waals surface area (Å²) in [7, 11) is 0. The van der Waals surface area contributed by atoms with E-state index in [9.17, 15) is 13.6 Å². The zero-order chi connectivity index (χ0) is 15.9. The highest BCUT2D eigenvalue weighted by Crippen LogP contribution is 2.26. The van der Waals surface area contributed by atoms with Gasteiger partial charge in [-0.05, 0) is 42.8 Å². The Labute approximate surface area is 126 Å². The minimum Gasteiger partial charge on any atom is -0.501 e. The first-order valence-corrected chi connectivity index (χ1v) is 6.64. The van der Waals surface area contributed by atoms with Crippen LogP contribution in [0.3, 0.4) is 0 Å². The summed E-state index contributed by atoms with van der Waals surface area (Å²) in [6.45, 7) is 2.37. The number of aldehydes is 1. The van der Waals surface area contributed by atoms with Crippen LogP contribution in [-0.4, -0.2) is 12.9 Å². The topological polar surface area (TPSA) is 35.5 Å². The molecule has 0 spiro atoms. The predicted octanol–water partition coefficient (Wildman–Crippen LogP) is 4.58. The van der Waals surface area contributed by atoms with Crippen LogP contribution in [-0.2, 0) is 4.74 Å². The Morgan fingerprint density at radius 3 is 2.59 bits per heavy atom. The Morgan fingerprint density at radius 1 is 1.09 bits per heavy atom. The molecule has 0 unspecified atom stereocenters. The molecule has 2 aromatic carbocycles. The van der Waals surface area contributed by atoms with Gasteiger partial charge in [0.1, 0.15) is 11.6 Å². The largest absolute Gasteiger partial charge is 0.501 e. The normalized spacial score (nSPS) is 10.7. The van der Waals surface area contributed by atoms with Crippen molar-refractivity contribution < 1.29 is 23.0 Å². The molecule has 3 nitrogen and oxygen atoms in total. The molecule has 0 N–H and O–H groups in total. The third kappa shape index (κ3) is 3.91. The molecule has 0 radical (unpaired) electrons. The number of halogens is 2. The predicted molar refractivity (Wildman–Crippen MR) is 78.9 cm³/mol. The van der Waals surface area contributed by atoms with E-state index in [1.54, 1.807) is 18.2 Å². The van der Waals surface area contributed by atoms with Crippen molar-refractivity contribution in [2.75, 3.05) is 6.61 Å². The van der Waals surface area contributed by atoms with Crippen LogP contribution in [0.5, 0.6) is 11.5 Å². The Hall–Kier alpha value is -2.69. The molecule has 22 heavy (non-hydrogen) atoms. The van der Waals surface area contributed by atoms with Crippen LogP contribution in [0.4, 0.5) is 8.78 Å². The molecule has 2 aromatic rings. The van der Waals surface area contributed by atoms with E-state index in [1.807, 2.05) is 6.92 Å². The maximum absolute atomic E-state index is 13.5. The van der Waals surface area contributed by atoms with Crippen LogP contribution in [0.15, 0.2) is 42.7 Å². The Morgan fingerprint density at radius 2 is 1.91 bits per heavy atom. The number of hydrogen-bond donors (Lipinski definition) is 0. The Bertz CT molecular complexity index is 696. The lowest BCUT2D eigenvalue weighted by atomic mass is 10.1. The first-order valence-electron chi connectivity index (χ1n) is 6.64. The second kappa shape index (κ2) is 7.36. The monoisotopic (exact) mass is 304 g/mol. The molecule has 2 rings (SSSR count). The van der Waals surface area contributed by atoms with Crippen LogP contribution in [0, 0.1) is 11.6 Å². The summed E-state index contributed by atoms with van der Waals surface area (Å²) < 4.78 is 36.8. The number of rotatable bonds is 6. The lowest BCUT2D eigenvalue weighted by molar-refractivity contribution is 0.112. The van der Waals surface area contributed by atoms with Gasteiger partial charge in [-0.15, -0.1) is 0 Å². The van der Waals surface area contributed by atoms with Gasteiger partial charge in [0, 0.05) is 11.6 Å². The average Bonchev–Trinajstić information content (AvgIpc) is 2.51. The van der Waals surface area contributed by atoms with Crippen molar-refractivity contribution in [2.24, 2.45) is 0 Å². The van der Waals surface area contributed by atoms with Gasteiger partial charge in [-0.2, -0.15) is 0 Å². The highest BCUT2D eigenvalue weighted by molar-refractivity contribution is 5.82. The van der Waals surface area contributed by atoms with Gasteiger partial charge in [0.15, 0.2) is 17.9 Å². The van der Waals surface area contributed by atoms with Crippen molar-refractivity contribution in [3.8, 4) is 11.5 Å². The number of hydrogen-bond acceptors (Lipinski definition) is 3. The summed E-state index contributed by atoms with van der Waals surface area (Å²) in [6.07, 6.45) is 3.80. The lowest BCUT2D eigenvalue weighted by Crippen LogP contribution is -1.92. The SMILES string of the molecule is CCO/C=C/c1ccc(Oc2ccc(F)cc2F)cc1C=O. The summed E-state index contributed by atoms with van der Waals surface area (Å²) in [5, 5.41) is 0. The minimum atomic E-state index is -0.812. The second-order valence-corrected chi connectivity index (χ2v) is 4.34. The van der Waals surface area contributed by atoms with E-state index >= 15 is 0 Å². The maximum atomic E-state index is 13.5. The third-order valence-corrected chi connectivity index (χ3v) is 2.82. The number of benzene rings is 2. The molecule has 0 aliphatic heterocycles. The van der Waals surface area contributed by atoms with Crippen molar-refractivity contribution in [3.05, 3.63) is 65.4 Å². The van der Waals surface area contributed by atoms with Gasteiger partial charge in [0.05, 0.1) is 12.9 Å². The molecule has 0 amide bonds. The first-order chi connectivity index (χ1) is 10.6. The molecule has 0 atom stereocenters. The fraction of sp³-hybridized carbons (Fsp3) is 0.118. The van der Waals surface area contributed by atoms with E-state index in [4.69, 9.17) is 9.47 Å². The van der Waals surface area contributed by atoms with Crippen molar-refractivity contribution in [1.29, 1.82) is 0 Å². The third-order valence-electron chi connectivity index (χ3n) is 2.82. The molecule has 0 saturated carbocycles. The molecule has 114 valence electrons. The highest BCUT2D eigenvalue weighted by Gasteiger charge is 2.08. The summed E-state index contributed by atoms with van der Waals surface area (Å²) in [5.74, 6) is -1.33. The van der Waals surface area contributed by atoms with Crippen molar-refractivity contribution >= 4 is 12.4 Å².